The molecule has 1 aliphatic carbocycles. The number of hydrogen-bond acceptors (Lipinski definition) is 3. The minimum Gasteiger partial charge on any atom is -0.368 e. The Morgan fingerprint density at radius 1 is 1.20 bits per heavy atom. The highest BCUT2D eigenvalue weighted by atomic mass is 79.9. The van der Waals surface area contributed by atoms with E-state index in [-0.39, 0.29) is 0 Å². The molecule has 2 rings (SSSR count). The maximum Gasteiger partial charge on any atom is 0.148 e. The fourth-order valence-corrected chi connectivity index (χ4v) is 2.26. The van der Waals surface area contributed by atoms with Crippen molar-refractivity contribution >= 4 is 21.7 Å². The number of rotatable bonds is 3. The minimum atomic E-state index is 0.783. The molecule has 15 heavy (non-hydrogen) atoms. The first-order valence-corrected chi connectivity index (χ1v) is 6.37. The Bertz CT molecular complexity index is 293. The molecule has 1 aliphatic rings. The van der Waals surface area contributed by atoms with Crippen molar-refractivity contribution in [2.45, 2.75) is 32.1 Å². The van der Waals surface area contributed by atoms with Crippen molar-refractivity contribution < 1.29 is 0 Å². The van der Waals surface area contributed by atoms with Crippen LogP contribution in [0.1, 0.15) is 32.1 Å². The molecule has 0 amide bonds. The molecule has 1 fully saturated rings. The van der Waals surface area contributed by atoms with E-state index in [1.807, 2.05) is 12.1 Å². The molecule has 1 saturated carbocycles. The molecule has 1 heterocycles. The van der Waals surface area contributed by atoms with E-state index in [0.29, 0.717) is 0 Å². The van der Waals surface area contributed by atoms with Gasteiger partial charge < -0.3 is 5.32 Å². The minimum absolute atomic E-state index is 0.783. The van der Waals surface area contributed by atoms with E-state index in [1.165, 1.54) is 32.1 Å². The van der Waals surface area contributed by atoms with Crippen molar-refractivity contribution in [2.24, 2.45) is 5.92 Å². The number of nitrogens with zero attached hydrogens (tertiary/aromatic N) is 2. The van der Waals surface area contributed by atoms with Crippen molar-refractivity contribution in [2.75, 3.05) is 11.9 Å². The molecule has 0 aliphatic heterocycles. The lowest BCUT2D eigenvalue weighted by Crippen LogP contribution is -2.17. The van der Waals surface area contributed by atoms with E-state index < -0.39 is 0 Å². The van der Waals surface area contributed by atoms with Gasteiger partial charge in [-0.05, 0) is 46.8 Å². The van der Waals surface area contributed by atoms with Gasteiger partial charge in [0.05, 0.1) is 0 Å². The lowest BCUT2D eigenvalue weighted by Gasteiger charge is -2.21. The van der Waals surface area contributed by atoms with E-state index in [9.17, 15) is 0 Å². The van der Waals surface area contributed by atoms with Crippen molar-refractivity contribution in [1.82, 2.24) is 10.2 Å². The van der Waals surface area contributed by atoms with Gasteiger partial charge in [-0.2, -0.15) is 0 Å². The Labute approximate surface area is 98.8 Å². The van der Waals surface area contributed by atoms with Crippen LogP contribution in [-0.4, -0.2) is 16.7 Å². The summed E-state index contributed by atoms with van der Waals surface area (Å²) in [5.74, 6) is 1.70. The average Bonchev–Trinajstić information content (AvgIpc) is 2.30. The van der Waals surface area contributed by atoms with Crippen molar-refractivity contribution in [3.63, 3.8) is 0 Å². The zero-order valence-electron chi connectivity index (χ0n) is 8.75. The van der Waals surface area contributed by atoms with Crippen molar-refractivity contribution in [3.05, 3.63) is 16.7 Å². The first-order chi connectivity index (χ1) is 7.34. The normalized spacial score (nSPS) is 17.7. The molecule has 0 bridgehead atoms. The third-order valence-electron chi connectivity index (χ3n) is 2.93. The number of aromatic nitrogens is 2. The summed E-state index contributed by atoms with van der Waals surface area (Å²) in [5.41, 5.74) is 0. The van der Waals surface area contributed by atoms with E-state index in [1.54, 1.807) is 0 Å². The number of hydrogen-bond donors (Lipinski definition) is 1. The highest BCUT2D eigenvalue weighted by Gasteiger charge is 2.12. The van der Waals surface area contributed by atoms with Crippen LogP contribution in [0.4, 0.5) is 5.82 Å². The third-order valence-corrected chi connectivity index (χ3v) is 3.35. The number of halogens is 1. The topological polar surface area (TPSA) is 37.8 Å². The Morgan fingerprint density at radius 3 is 2.67 bits per heavy atom. The van der Waals surface area contributed by atoms with Crippen LogP contribution in [-0.2, 0) is 0 Å². The molecule has 1 aromatic rings. The van der Waals surface area contributed by atoms with Crippen LogP contribution in [0.25, 0.3) is 0 Å². The molecule has 0 spiro atoms. The molecule has 0 atom stereocenters. The molecular weight excluding hydrogens is 254 g/mol. The van der Waals surface area contributed by atoms with Gasteiger partial charge in [-0.1, -0.05) is 19.3 Å². The summed E-state index contributed by atoms with van der Waals surface area (Å²) in [4.78, 5) is 0. The first-order valence-electron chi connectivity index (χ1n) is 5.58. The molecule has 4 heteroatoms. The van der Waals surface area contributed by atoms with Crippen molar-refractivity contribution in [1.29, 1.82) is 0 Å². The molecule has 0 radical (unpaired) electrons. The van der Waals surface area contributed by atoms with Gasteiger partial charge in [-0.15, -0.1) is 10.2 Å². The summed E-state index contributed by atoms with van der Waals surface area (Å²) in [6.45, 7) is 1.04. The molecule has 1 aromatic heterocycles. The van der Waals surface area contributed by atoms with Crippen LogP contribution in [0.3, 0.4) is 0 Å². The van der Waals surface area contributed by atoms with Gasteiger partial charge in [0.2, 0.25) is 0 Å². The van der Waals surface area contributed by atoms with E-state index in [4.69, 9.17) is 0 Å². The van der Waals surface area contributed by atoms with E-state index in [0.717, 1.165) is 22.9 Å². The number of anilines is 1. The van der Waals surface area contributed by atoms with Gasteiger partial charge in [-0.25, -0.2) is 0 Å². The third kappa shape index (κ3) is 3.45. The molecule has 0 saturated heterocycles. The van der Waals surface area contributed by atoms with Crippen LogP contribution in [0, 0.1) is 5.92 Å². The fourth-order valence-electron chi connectivity index (χ4n) is 2.05. The Kier molecular flexibility index (Phi) is 3.94. The van der Waals surface area contributed by atoms with Crippen LogP contribution < -0.4 is 5.32 Å². The largest absolute Gasteiger partial charge is 0.368 e. The lowest BCUT2D eigenvalue weighted by molar-refractivity contribution is 0.373. The van der Waals surface area contributed by atoms with Crippen LogP contribution >= 0.6 is 15.9 Å². The predicted molar refractivity (Wildman–Crippen MR) is 64.8 cm³/mol. The smallest absolute Gasteiger partial charge is 0.148 e. The highest BCUT2D eigenvalue weighted by molar-refractivity contribution is 9.10. The van der Waals surface area contributed by atoms with Gasteiger partial charge in [0.1, 0.15) is 10.4 Å². The van der Waals surface area contributed by atoms with Crippen LogP contribution in [0.2, 0.25) is 0 Å². The summed E-state index contributed by atoms with van der Waals surface area (Å²) in [6.07, 6.45) is 6.90. The average molecular weight is 270 g/mol. The van der Waals surface area contributed by atoms with Gasteiger partial charge in [0.25, 0.3) is 0 Å². The lowest BCUT2D eigenvalue weighted by atomic mass is 9.89. The Morgan fingerprint density at radius 2 is 2.00 bits per heavy atom. The zero-order chi connectivity index (χ0) is 10.5. The second-order valence-electron chi connectivity index (χ2n) is 4.13. The quantitative estimate of drug-likeness (QED) is 0.916. The summed E-state index contributed by atoms with van der Waals surface area (Å²) in [5, 5.41) is 11.3. The van der Waals surface area contributed by atoms with Gasteiger partial charge in [0, 0.05) is 6.54 Å². The monoisotopic (exact) mass is 269 g/mol. The van der Waals surface area contributed by atoms with E-state index in [2.05, 4.69) is 31.4 Å². The van der Waals surface area contributed by atoms with Crippen LogP contribution in [0.5, 0.6) is 0 Å². The molecule has 0 unspecified atom stereocenters. The standard InChI is InChI=1S/C11H16BrN3/c12-10-6-7-11(15-14-10)13-8-9-4-2-1-3-5-9/h6-7,9H,1-5,8H2,(H,13,15). The molecule has 3 nitrogen and oxygen atoms in total. The Hall–Kier alpha value is -0.640. The fraction of sp³-hybridized carbons (Fsp3) is 0.636. The second kappa shape index (κ2) is 5.45. The van der Waals surface area contributed by atoms with Gasteiger partial charge >= 0.3 is 0 Å². The molecule has 82 valence electrons. The SMILES string of the molecule is Brc1ccc(NCC2CCCCC2)nn1. The highest BCUT2D eigenvalue weighted by Crippen LogP contribution is 2.23. The van der Waals surface area contributed by atoms with Gasteiger partial charge in [0.15, 0.2) is 0 Å². The first kappa shape index (κ1) is 10.9. The predicted octanol–water partition coefficient (Wildman–Crippen LogP) is 3.23. The van der Waals surface area contributed by atoms with Crippen LogP contribution in [0.15, 0.2) is 16.7 Å². The summed E-state index contributed by atoms with van der Waals surface area (Å²) in [7, 11) is 0. The molecule has 0 aromatic carbocycles. The number of nitrogens with one attached hydrogen (secondary N) is 1. The second-order valence-corrected chi connectivity index (χ2v) is 4.94. The van der Waals surface area contributed by atoms with E-state index >= 15 is 0 Å². The maximum atomic E-state index is 4.05. The van der Waals surface area contributed by atoms with Crippen molar-refractivity contribution in [3.8, 4) is 0 Å². The summed E-state index contributed by atoms with van der Waals surface area (Å²) in [6, 6.07) is 3.87. The maximum absolute atomic E-state index is 4.05. The Balaban J connectivity index is 1.79. The van der Waals surface area contributed by atoms with Gasteiger partial charge in [-0.3, -0.25) is 0 Å². The molecular formula is C11H16BrN3. The summed E-state index contributed by atoms with van der Waals surface area (Å²) >= 11 is 3.27. The molecule has 1 N–H and O–H groups in total. The summed E-state index contributed by atoms with van der Waals surface area (Å²) < 4.78 is 0.783. The zero-order valence-corrected chi connectivity index (χ0v) is 10.3.